The van der Waals surface area contributed by atoms with Crippen LogP contribution in [0.1, 0.15) is 51.4 Å². The van der Waals surface area contributed by atoms with Gasteiger partial charge in [-0.2, -0.15) is 0 Å². The van der Waals surface area contributed by atoms with Gasteiger partial charge in [0.15, 0.2) is 0 Å². The highest BCUT2D eigenvalue weighted by Gasteiger charge is 2.26. The molecule has 2 aliphatic heterocycles. The molecule has 0 radical (unpaired) electrons. The van der Waals surface area contributed by atoms with E-state index < -0.39 is 0 Å². The van der Waals surface area contributed by atoms with Crippen LogP contribution >= 0.6 is 0 Å². The summed E-state index contributed by atoms with van der Waals surface area (Å²) < 4.78 is 0. The summed E-state index contributed by atoms with van der Waals surface area (Å²) >= 11 is 0. The van der Waals surface area contributed by atoms with E-state index in [4.69, 9.17) is 0 Å². The van der Waals surface area contributed by atoms with Gasteiger partial charge in [0.2, 0.25) is 5.91 Å². The molecule has 0 aliphatic carbocycles. The Labute approximate surface area is 110 Å². The van der Waals surface area contributed by atoms with E-state index in [1.165, 1.54) is 19.3 Å². The van der Waals surface area contributed by atoms with Crippen molar-refractivity contribution in [3.05, 3.63) is 0 Å². The minimum Gasteiger partial charge on any atom is -0.394 e. The predicted molar refractivity (Wildman–Crippen MR) is 71.3 cm³/mol. The maximum atomic E-state index is 12.2. The summed E-state index contributed by atoms with van der Waals surface area (Å²) in [6, 6.07) is 0.602. The molecular formula is C14H26N2O2. The second-order valence-corrected chi connectivity index (χ2v) is 5.60. The van der Waals surface area contributed by atoms with Crippen LogP contribution in [0.25, 0.3) is 0 Å². The fraction of sp³-hybridized carbons (Fsp3) is 0.929. The van der Waals surface area contributed by atoms with Crippen LogP contribution in [0.4, 0.5) is 0 Å². The number of nitrogens with zero attached hydrogens (tertiary/aromatic N) is 1. The third-order valence-electron chi connectivity index (χ3n) is 4.28. The van der Waals surface area contributed by atoms with Crippen molar-refractivity contribution in [2.75, 3.05) is 19.7 Å². The molecule has 2 unspecified atom stereocenters. The lowest BCUT2D eigenvalue weighted by Gasteiger charge is -2.35. The Morgan fingerprint density at radius 3 is 2.78 bits per heavy atom. The van der Waals surface area contributed by atoms with E-state index in [2.05, 4.69) is 5.32 Å². The van der Waals surface area contributed by atoms with Crippen LogP contribution in [-0.4, -0.2) is 47.7 Å². The molecular weight excluding hydrogens is 228 g/mol. The lowest BCUT2D eigenvalue weighted by atomic mass is 9.98. The fourth-order valence-electron chi connectivity index (χ4n) is 3.13. The number of rotatable bonds is 4. The summed E-state index contributed by atoms with van der Waals surface area (Å²) in [7, 11) is 0. The molecule has 0 aromatic carbocycles. The molecule has 2 aliphatic rings. The van der Waals surface area contributed by atoms with Crippen LogP contribution in [0, 0.1) is 0 Å². The van der Waals surface area contributed by atoms with Gasteiger partial charge in [0.25, 0.3) is 0 Å². The van der Waals surface area contributed by atoms with Crippen molar-refractivity contribution in [2.24, 2.45) is 0 Å². The average molecular weight is 254 g/mol. The van der Waals surface area contributed by atoms with Crippen molar-refractivity contribution < 1.29 is 9.90 Å². The number of carbonyl (C=O) groups is 1. The highest BCUT2D eigenvalue weighted by molar-refractivity contribution is 5.76. The number of aliphatic hydroxyl groups is 1. The highest BCUT2D eigenvalue weighted by Crippen LogP contribution is 2.19. The largest absolute Gasteiger partial charge is 0.394 e. The molecule has 0 bridgehead atoms. The van der Waals surface area contributed by atoms with E-state index in [0.717, 1.165) is 38.8 Å². The SMILES string of the molecule is O=C(CCC1CCCCN1)N1CCCCC1CO. The number of hydrogen-bond acceptors (Lipinski definition) is 3. The van der Waals surface area contributed by atoms with Gasteiger partial charge in [-0.3, -0.25) is 4.79 Å². The summed E-state index contributed by atoms with van der Waals surface area (Å²) in [6.07, 6.45) is 8.53. The van der Waals surface area contributed by atoms with Crippen molar-refractivity contribution >= 4 is 5.91 Å². The lowest BCUT2D eigenvalue weighted by Crippen LogP contribution is -2.46. The lowest BCUT2D eigenvalue weighted by molar-refractivity contribution is -0.136. The molecule has 2 saturated heterocycles. The van der Waals surface area contributed by atoms with Crippen molar-refractivity contribution in [1.82, 2.24) is 10.2 Å². The van der Waals surface area contributed by atoms with Crippen LogP contribution in [0.5, 0.6) is 0 Å². The standard InChI is InChI=1S/C14H26N2O2/c17-11-13-6-2-4-10-16(13)14(18)8-7-12-5-1-3-9-15-12/h12-13,15,17H,1-11H2. The molecule has 2 rings (SSSR count). The number of hydrogen-bond donors (Lipinski definition) is 2. The summed E-state index contributed by atoms with van der Waals surface area (Å²) in [4.78, 5) is 14.1. The maximum absolute atomic E-state index is 12.2. The second kappa shape index (κ2) is 7.10. The number of piperidine rings is 2. The first-order valence-electron chi connectivity index (χ1n) is 7.45. The summed E-state index contributed by atoms with van der Waals surface area (Å²) in [6.45, 7) is 2.05. The van der Waals surface area contributed by atoms with Gasteiger partial charge in [0.1, 0.15) is 0 Å². The van der Waals surface area contributed by atoms with Crippen LogP contribution in [0.2, 0.25) is 0 Å². The third kappa shape index (κ3) is 3.69. The summed E-state index contributed by atoms with van der Waals surface area (Å²) in [5.41, 5.74) is 0. The Morgan fingerprint density at radius 1 is 1.22 bits per heavy atom. The topological polar surface area (TPSA) is 52.6 Å². The van der Waals surface area contributed by atoms with E-state index >= 15 is 0 Å². The summed E-state index contributed by atoms with van der Waals surface area (Å²) in [5.74, 6) is 0.237. The highest BCUT2D eigenvalue weighted by atomic mass is 16.3. The minimum absolute atomic E-state index is 0.0746. The van der Waals surface area contributed by atoms with Gasteiger partial charge in [-0.1, -0.05) is 6.42 Å². The molecule has 1 amide bonds. The Kier molecular flexibility index (Phi) is 5.45. The van der Waals surface area contributed by atoms with Gasteiger partial charge in [-0.25, -0.2) is 0 Å². The Bertz CT molecular complexity index is 265. The number of carbonyl (C=O) groups excluding carboxylic acids is 1. The van der Waals surface area contributed by atoms with E-state index in [1.54, 1.807) is 0 Å². The molecule has 0 aromatic heterocycles. The van der Waals surface area contributed by atoms with E-state index in [0.29, 0.717) is 12.5 Å². The van der Waals surface area contributed by atoms with Gasteiger partial charge >= 0.3 is 0 Å². The molecule has 0 aromatic rings. The Balaban J connectivity index is 1.75. The normalized spacial score (nSPS) is 29.3. The minimum atomic E-state index is 0.0746. The van der Waals surface area contributed by atoms with Crippen LogP contribution in [0.3, 0.4) is 0 Å². The molecule has 18 heavy (non-hydrogen) atoms. The quantitative estimate of drug-likeness (QED) is 0.794. The van der Waals surface area contributed by atoms with Gasteiger partial charge < -0.3 is 15.3 Å². The summed E-state index contributed by atoms with van der Waals surface area (Å²) in [5, 5.41) is 12.8. The first kappa shape index (κ1) is 13.8. The van der Waals surface area contributed by atoms with Crippen molar-refractivity contribution in [1.29, 1.82) is 0 Å². The molecule has 104 valence electrons. The molecule has 0 saturated carbocycles. The number of likely N-dealkylation sites (tertiary alicyclic amines) is 1. The monoisotopic (exact) mass is 254 g/mol. The number of aliphatic hydroxyl groups excluding tert-OH is 1. The molecule has 0 spiro atoms. The maximum Gasteiger partial charge on any atom is 0.222 e. The van der Waals surface area contributed by atoms with Gasteiger partial charge in [-0.15, -0.1) is 0 Å². The zero-order chi connectivity index (χ0) is 12.8. The second-order valence-electron chi connectivity index (χ2n) is 5.60. The third-order valence-corrected chi connectivity index (χ3v) is 4.28. The van der Waals surface area contributed by atoms with Crippen molar-refractivity contribution in [3.63, 3.8) is 0 Å². The van der Waals surface area contributed by atoms with Crippen LogP contribution in [0.15, 0.2) is 0 Å². The van der Waals surface area contributed by atoms with Gasteiger partial charge in [0, 0.05) is 19.0 Å². The van der Waals surface area contributed by atoms with Crippen LogP contribution in [-0.2, 0) is 4.79 Å². The molecule has 4 heteroatoms. The van der Waals surface area contributed by atoms with Gasteiger partial charge in [-0.05, 0) is 45.1 Å². The zero-order valence-corrected chi connectivity index (χ0v) is 11.2. The van der Waals surface area contributed by atoms with E-state index in [-0.39, 0.29) is 18.6 Å². The first-order valence-corrected chi connectivity index (χ1v) is 7.45. The number of amides is 1. The average Bonchev–Trinajstić information content (AvgIpc) is 2.45. The molecule has 4 nitrogen and oxygen atoms in total. The van der Waals surface area contributed by atoms with E-state index in [9.17, 15) is 9.90 Å². The van der Waals surface area contributed by atoms with Gasteiger partial charge in [0.05, 0.1) is 12.6 Å². The molecule has 2 heterocycles. The van der Waals surface area contributed by atoms with E-state index in [1.807, 2.05) is 4.90 Å². The Hall–Kier alpha value is -0.610. The smallest absolute Gasteiger partial charge is 0.222 e. The number of nitrogens with one attached hydrogen (secondary N) is 1. The van der Waals surface area contributed by atoms with Crippen molar-refractivity contribution in [2.45, 2.75) is 63.5 Å². The first-order chi connectivity index (χ1) is 8.81. The molecule has 2 fully saturated rings. The molecule has 2 atom stereocenters. The van der Waals surface area contributed by atoms with Crippen LogP contribution < -0.4 is 5.32 Å². The van der Waals surface area contributed by atoms with Crippen molar-refractivity contribution in [3.8, 4) is 0 Å². The fourth-order valence-corrected chi connectivity index (χ4v) is 3.13. The predicted octanol–water partition coefficient (Wildman–Crippen LogP) is 1.28. The molecule has 2 N–H and O–H groups in total. The zero-order valence-electron chi connectivity index (χ0n) is 11.2. The Morgan fingerprint density at radius 2 is 2.06 bits per heavy atom.